The lowest BCUT2D eigenvalue weighted by molar-refractivity contribution is 0.112. The number of aromatic nitrogens is 1. The van der Waals surface area contributed by atoms with Gasteiger partial charge in [0.05, 0.1) is 5.52 Å². The molecular formula is C18H15NO. The van der Waals surface area contributed by atoms with Crippen LogP contribution in [0.1, 0.15) is 27.2 Å². The Bertz CT molecular complexity index is 777. The molecule has 20 heavy (non-hydrogen) atoms. The van der Waals surface area contributed by atoms with Crippen LogP contribution in [0.25, 0.3) is 10.9 Å². The number of nitrogens with zero attached hydrogens (tertiary/aromatic N) is 1. The van der Waals surface area contributed by atoms with Crippen LogP contribution in [-0.4, -0.2) is 11.3 Å². The number of benzene rings is 2. The van der Waals surface area contributed by atoms with E-state index in [1.807, 2.05) is 43.3 Å². The first-order valence-electron chi connectivity index (χ1n) is 6.65. The average molecular weight is 261 g/mol. The molecule has 0 aliphatic rings. The molecule has 1 heterocycles. The van der Waals surface area contributed by atoms with Gasteiger partial charge >= 0.3 is 0 Å². The zero-order valence-electron chi connectivity index (χ0n) is 11.3. The smallest absolute Gasteiger partial charge is 0.150 e. The molecule has 0 aliphatic heterocycles. The van der Waals surface area contributed by atoms with Crippen LogP contribution < -0.4 is 0 Å². The van der Waals surface area contributed by atoms with Crippen molar-refractivity contribution in [3.05, 3.63) is 77.0 Å². The van der Waals surface area contributed by atoms with Gasteiger partial charge in [-0.25, -0.2) is 0 Å². The monoisotopic (exact) mass is 261 g/mol. The lowest BCUT2D eigenvalue weighted by atomic mass is 10.0. The third-order valence-corrected chi connectivity index (χ3v) is 3.53. The Balaban J connectivity index is 1.94. The first-order valence-corrected chi connectivity index (χ1v) is 6.65. The highest BCUT2D eigenvalue weighted by atomic mass is 16.1. The molecular weight excluding hydrogens is 246 g/mol. The molecule has 0 amide bonds. The van der Waals surface area contributed by atoms with Crippen molar-refractivity contribution in [2.24, 2.45) is 0 Å². The largest absolute Gasteiger partial charge is 0.298 e. The van der Waals surface area contributed by atoms with Gasteiger partial charge in [0.25, 0.3) is 0 Å². The van der Waals surface area contributed by atoms with Gasteiger partial charge in [-0.05, 0) is 36.2 Å². The third kappa shape index (κ3) is 2.45. The highest BCUT2D eigenvalue weighted by Gasteiger charge is 2.04. The molecule has 2 heteroatoms. The average Bonchev–Trinajstić information content (AvgIpc) is 2.49. The van der Waals surface area contributed by atoms with E-state index >= 15 is 0 Å². The lowest BCUT2D eigenvalue weighted by Gasteiger charge is -2.07. The Kier molecular flexibility index (Phi) is 3.30. The maximum absolute atomic E-state index is 10.8. The molecule has 0 fully saturated rings. The predicted molar refractivity (Wildman–Crippen MR) is 81.1 cm³/mol. The Morgan fingerprint density at radius 3 is 2.70 bits per heavy atom. The predicted octanol–water partition coefficient (Wildman–Crippen LogP) is 3.95. The number of fused-ring (bicyclic) bond motifs is 1. The van der Waals surface area contributed by atoms with E-state index in [0.717, 1.165) is 40.4 Å². The van der Waals surface area contributed by atoms with E-state index in [2.05, 4.69) is 23.2 Å². The summed E-state index contributed by atoms with van der Waals surface area (Å²) in [5, 5.41) is 1.16. The summed E-state index contributed by atoms with van der Waals surface area (Å²) in [6.07, 6.45) is 1.67. The van der Waals surface area contributed by atoms with E-state index in [9.17, 15) is 4.79 Å². The second-order valence-corrected chi connectivity index (χ2v) is 4.98. The third-order valence-electron chi connectivity index (χ3n) is 3.53. The van der Waals surface area contributed by atoms with Crippen LogP contribution in [0.5, 0.6) is 0 Å². The molecule has 0 unspecified atom stereocenters. The van der Waals surface area contributed by atoms with Crippen molar-refractivity contribution in [2.45, 2.75) is 13.3 Å². The zero-order chi connectivity index (χ0) is 13.9. The van der Waals surface area contributed by atoms with Crippen molar-refractivity contribution in [2.75, 3.05) is 0 Å². The maximum Gasteiger partial charge on any atom is 0.150 e. The number of aldehydes is 1. The molecule has 98 valence electrons. The van der Waals surface area contributed by atoms with Crippen molar-refractivity contribution in [3.8, 4) is 0 Å². The van der Waals surface area contributed by atoms with Crippen LogP contribution >= 0.6 is 0 Å². The molecule has 1 aromatic heterocycles. The van der Waals surface area contributed by atoms with Gasteiger partial charge in [0.1, 0.15) is 6.29 Å². The van der Waals surface area contributed by atoms with Gasteiger partial charge in [0, 0.05) is 23.1 Å². The molecule has 2 aromatic carbocycles. The number of hydrogen-bond donors (Lipinski definition) is 0. The van der Waals surface area contributed by atoms with Crippen LogP contribution in [0.3, 0.4) is 0 Å². The van der Waals surface area contributed by atoms with Gasteiger partial charge in [-0.15, -0.1) is 0 Å². The Labute approximate surface area is 118 Å². The summed E-state index contributed by atoms with van der Waals surface area (Å²) in [7, 11) is 0. The first-order chi connectivity index (χ1) is 9.76. The topological polar surface area (TPSA) is 30.0 Å². The molecule has 3 rings (SSSR count). The number of aryl methyl sites for hydroxylation is 1. The maximum atomic E-state index is 10.8. The second kappa shape index (κ2) is 5.25. The van der Waals surface area contributed by atoms with Gasteiger partial charge in [-0.3, -0.25) is 9.78 Å². The standard InChI is InChI=1S/C18H15NO/c1-13-10-14(12-20)6-7-16(13)11-17-9-8-15-4-2-3-5-18(15)19-17/h2-10,12H,11H2,1H3. The van der Waals surface area contributed by atoms with E-state index in [0.29, 0.717) is 0 Å². The van der Waals surface area contributed by atoms with Crippen molar-refractivity contribution in [1.82, 2.24) is 4.98 Å². The summed E-state index contributed by atoms with van der Waals surface area (Å²) < 4.78 is 0. The molecule has 0 radical (unpaired) electrons. The van der Waals surface area contributed by atoms with Crippen LogP contribution in [0.4, 0.5) is 0 Å². The number of para-hydroxylation sites is 1. The highest BCUT2D eigenvalue weighted by molar-refractivity contribution is 5.78. The summed E-state index contributed by atoms with van der Waals surface area (Å²) in [6, 6.07) is 18.1. The fourth-order valence-corrected chi connectivity index (χ4v) is 2.39. The Morgan fingerprint density at radius 1 is 1.05 bits per heavy atom. The number of hydrogen-bond acceptors (Lipinski definition) is 2. The minimum absolute atomic E-state index is 0.720. The molecule has 3 aromatic rings. The SMILES string of the molecule is Cc1cc(C=O)ccc1Cc1ccc2ccccc2n1. The van der Waals surface area contributed by atoms with Crippen molar-refractivity contribution < 1.29 is 4.79 Å². The molecule has 0 saturated carbocycles. The Hall–Kier alpha value is -2.48. The van der Waals surface area contributed by atoms with Crippen molar-refractivity contribution in [3.63, 3.8) is 0 Å². The number of rotatable bonds is 3. The summed E-state index contributed by atoms with van der Waals surface area (Å²) in [6.45, 7) is 2.03. The molecule has 2 nitrogen and oxygen atoms in total. The van der Waals surface area contributed by atoms with Gasteiger partial charge < -0.3 is 0 Å². The fourth-order valence-electron chi connectivity index (χ4n) is 2.39. The summed E-state index contributed by atoms with van der Waals surface area (Å²) in [4.78, 5) is 15.4. The van der Waals surface area contributed by atoms with Crippen LogP contribution in [0, 0.1) is 6.92 Å². The first kappa shape index (κ1) is 12.5. The molecule has 0 saturated heterocycles. The Morgan fingerprint density at radius 2 is 1.90 bits per heavy atom. The number of carbonyl (C=O) groups excluding carboxylic acids is 1. The zero-order valence-corrected chi connectivity index (χ0v) is 11.3. The number of pyridine rings is 1. The van der Waals surface area contributed by atoms with E-state index in [1.54, 1.807) is 0 Å². The van der Waals surface area contributed by atoms with Crippen LogP contribution in [-0.2, 0) is 6.42 Å². The molecule has 0 spiro atoms. The minimum atomic E-state index is 0.720. The second-order valence-electron chi connectivity index (χ2n) is 4.98. The fraction of sp³-hybridized carbons (Fsp3) is 0.111. The summed E-state index contributed by atoms with van der Waals surface area (Å²) >= 11 is 0. The number of carbonyl (C=O) groups is 1. The highest BCUT2D eigenvalue weighted by Crippen LogP contribution is 2.17. The van der Waals surface area contributed by atoms with Crippen LogP contribution in [0.15, 0.2) is 54.6 Å². The van der Waals surface area contributed by atoms with Crippen LogP contribution in [0.2, 0.25) is 0 Å². The lowest BCUT2D eigenvalue weighted by Crippen LogP contribution is -1.96. The normalized spacial score (nSPS) is 10.7. The van der Waals surface area contributed by atoms with E-state index < -0.39 is 0 Å². The minimum Gasteiger partial charge on any atom is -0.298 e. The molecule has 0 aliphatic carbocycles. The quantitative estimate of drug-likeness (QED) is 0.668. The van der Waals surface area contributed by atoms with E-state index in [1.165, 1.54) is 5.56 Å². The van der Waals surface area contributed by atoms with E-state index in [-0.39, 0.29) is 0 Å². The van der Waals surface area contributed by atoms with Gasteiger partial charge in [0.15, 0.2) is 0 Å². The molecule has 0 N–H and O–H groups in total. The van der Waals surface area contributed by atoms with Gasteiger partial charge in [-0.2, -0.15) is 0 Å². The van der Waals surface area contributed by atoms with E-state index in [4.69, 9.17) is 0 Å². The van der Waals surface area contributed by atoms with Gasteiger partial charge in [0.2, 0.25) is 0 Å². The molecule has 0 atom stereocenters. The summed E-state index contributed by atoms with van der Waals surface area (Å²) in [5.41, 5.74) is 5.12. The molecule has 0 bridgehead atoms. The van der Waals surface area contributed by atoms with Crippen molar-refractivity contribution >= 4 is 17.2 Å². The van der Waals surface area contributed by atoms with Crippen molar-refractivity contribution in [1.29, 1.82) is 0 Å². The summed E-state index contributed by atoms with van der Waals surface area (Å²) in [5.74, 6) is 0. The van der Waals surface area contributed by atoms with Gasteiger partial charge in [-0.1, -0.05) is 36.4 Å².